The number of nitrogens with one attached hydrogen (secondary N) is 1. The fourth-order valence-electron chi connectivity index (χ4n) is 2.53. The van der Waals surface area contributed by atoms with Crippen LogP contribution in [0.1, 0.15) is 57.9 Å². The normalized spacial score (nSPS) is 20.4. The molecule has 3 N–H and O–H groups in total. The van der Waals surface area contributed by atoms with Crippen molar-refractivity contribution < 1.29 is 4.42 Å². The molecule has 0 aromatic carbocycles. The minimum absolute atomic E-state index is 0.204. The molecule has 0 amide bonds. The van der Waals surface area contributed by atoms with E-state index in [1.165, 1.54) is 32.1 Å². The van der Waals surface area contributed by atoms with E-state index < -0.39 is 0 Å². The van der Waals surface area contributed by atoms with Crippen LogP contribution >= 0.6 is 0 Å². The predicted octanol–water partition coefficient (Wildman–Crippen LogP) is 2.47. The minimum atomic E-state index is -0.204. The van der Waals surface area contributed by atoms with E-state index in [2.05, 4.69) is 22.4 Å². The Balaban J connectivity index is 1.92. The molecule has 0 bridgehead atoms. The maximum absolute atomic E-state index is 5.67. The second kappa shape index (κ2) is 5.04. The molecule has 96 valence electrons. The van der Waals surface area contributed by atoms with Gasteiger partial charge in [0, 0.05) is 6.54 Å². The smallest absolute Gasteiger partial charge is 0.315 e. The summed E-state index contributed by atoms with van der Waals surface area (Å²) in [4.78, 5) is 0. The molecule has 2 rings (SSSR count). The van der Waals surface area contributed by atoms with Gasteiger partial charge in [-0.25, -0.2) is 0 Å². The van der Waals surface area contributed by atoms with Gasteiger partial charge in [0.1, 0.15) is 0 Å². The van der Waals surface area contributed by atoms with Crippen molar-refractivity contribution in [3.8, 4) is 0 Å². The van der Waals surface area contributed by atoms with Gasteiger partial charge < -0.3 is 15.5 Å². The average molecular weight is 238 g/mol. The van der Waals surface area contributed by atoms with Crippen LogP contribution in [0.25, 0.3) is 0 Å². The van der Waals surface area contributed by atoms with Crippen LogP contribution in [0, 0.1) is 5.41 Å². The summed E-state index contributed by atoms with van der Waals surface area (Å²) in [6.45, 7) is 5.01. The molecule has 1 atom stereocenters. The van der Waals surface area contributed by atoms with Gasteiger partial charge in [0.2, 0.25) is 5.89 Å². The van der Waals surface area contributed by atoms with Crippen molar-refractivity contribution in [2.24, 2.45) is 11.1 Å². The summed E-state index contributed by atoms with van der Waals surface area (Å²) in [6, 6.07) is 0.293. The fraction of sp³-hybridized carbons (Fsp3) is 0.833. The molecule has 1 fully saturated rings. The Morgan fingerprint density at radius 3 is 2.65 bits per heavy atom. The van der Waals surface area contributed by atoms with Crippen LogP contribution in [-0.2, 0) is 0 Å². The van der Waals surface area contributed by atoms with Crippen LogP contribution in [0.5, 0.6) is 0 Å². The Bertz CT molecular complexity index is 355. The summed E-state index contributed by atoms with van der Waals surface area (Å²) in [6.07, 6.45) is 6.47. The second-order valence-electron chi connectivity index (χ2n) is 5.15. The summed E-state index contributed by atoms with van der Waals surface area (Å²) in [5.74, 6) is 0.490. The van der Waals surface area contributed by atoms with E-state index in [1.54, 1.807) is 0 Å². The number of nitrogens with zero attached hydrogens (tertiary/aromatic N) is 2. The molecular weight excluding hydrogens is 216 g/mol. The lowest BCUT2D eigenvalue weighted by molar-refractivity contribution is 0.303. The number of nitrogens with two attached hydrogens (primary N) is 1. The van der Waals surface area contributed by atoms with Crippen molar-refractivity contribution in [3.63, 3.8) is 0 Å². The van der Waals surface area contributed by atoms with Gasteiger partial charge in [0.05, 0.1) is 6.04 Å². The Kier molecular flexibility index (Phi) is 3.66. The van der Waals surface area contributed by atoms with E-state index in [0.717, 1.165) is 6.54 Å². The van der Waals surface area contributed by atoms with Crippen LogP contribution in [0.3, 0.4) is 0 Å². The van der Waals surface area contributed by atoms with Crippen molar-refractivity contribution in [2.75, 3.05) is 11.9 Å². The van der Waals surface area contributed by atoms with Crippen molar-refractivity contribution >= 4 is 6.01 Å². The molecule has 1 aromatic heterocycles. The summed E-state index contributed by atoms with van der Waals surface area (Å²) >= 11 is 0. The second-order valence-corrected chi connectivity index (χ2v) is 5.15. The zero-order valence-corrected chi connectivity index (χ0v) is 10.7. The zero-order valence-electron chi connectivity index (χ0n) is 10.7. The first kappa shape index (κ1) is 12.4. The molecule has 1 aliphatic rings. The lowest BCUT2D eigenvalue weighted by Gasteiger charge is -2.26. The van der Waals surface area contributed by atoms with E-state index >= 15 is 0 Å². The Labute approximate surface area is 102 Å². The Hall–Kier alpha value is -1.10. The summed E-state index contributed by atoms with van der Waals surface area (Å²) in [5, 5.41) is 11.1. The Morgan fingerprint density at radius 1 is 1.41 bits per heavy atom. The molecule has 0 radical (unpaired) electrons. The number of hydrogen-bond donors (Lipinski definition) is 2. The van der Waals surface area contributed by atoms with Gasteiger partial charge in [-0.1, -0.05) is 24.9 Å². The van der Waals surface area contributed by atoms with E-state index in [0.29, 0.717) is 17.3 Å². The fourth-order valence-corrected chi connectivity index (χ4v) is 2.53. The summed E-state index contributed by atoms with van der Waals surface area (Å²) in [7, 11) is 0. The van der Waals surface area contributed by atoms with Crippen LogP contribution in [0.15, 0.2) is 4.42 Å². The highest BCUT2D eigenvalue weighted by atomic mass is 16.4. The third-order valence-corrected chi connectivity index (χ3v) is 3.86. The van der Waals surface area contributed by atoms with Gasteiger partial charge >= 0.3 is 6.01 Å². The van der Waals surface area contributed by atoms with E-state index in [9.17, 15) is 0 Å². The molecule has 17 heavy (non-hydrogen) atoms. The average Bonchev–Trinajstić information content (AvgIpc) is 2.96. The molecular formula is C12H22N4O. The van der Waals surface area contributed by atoms with Crippen LogP contribution in [-0.4, -0.2) is 16.7 Å². The highest BCUT2D eigenvalue weighted by Gasteiger charge is 2.32. The maximum Gasteiger partial charge on any atom is 0.315 e. The highest BCUT2D eigenvalue weighted by molar-refractivity contribution is 5.18. The van der Waals surface area contributed by atoms with Gasteiger partial charge in [0.15, 0.2) is 0 Å². The molecule has 5 heteroatoms. The minimum Gasteiger partial charge on any atom is -0.406 e. The maximum atomic E-state index is 5.67. The molecule has 1 aliphatic carbocycles. The molecule has 1 aromatic rings. The van der Waals surface area contributed by atoms with Gasteiger partial charge in [0.25, 0.3) is 0 Å². The van der Waals surface area contributed by atoms with Crippen LogP contribution < -0.4 is 11.1 Å². The summed E-state index contributed by atoms with van der Waals surface area (Å²) < 4.78 is 5.44. The molecule has 0 saturated heterocycles. The first-order valence-electron chi connectivity index (χ1n) is 6.48. The van der Waals surface area contributed by atoms with Crippen molar-refractivity contribution in [3.05, 3.63) is 5.89 Å². The third-order valence-electron chi connectivity index (χ3n) is 3.86. The number of aromatic nitrogens is 2. The largest absolute Gasteiger partial charge is 0.406 e. The molecule has 1 unspecified atom stereocenters. The van der Waals surface area contributed by atoms with Gasteiger partial charge in [-0.2, -0.15) is 0 Å². The Morgan fingerprint density at radius 2 is 2.12 bits per heavy atom. The lowest BCUT2D eigenvalue weighted by atomic mass is 9.83. The number of rotatable bonds is 5. The molecule has 0 aliphatic heterocycles. The zero-order chi connectivity index (χ0) is 12.3. The topological polar surface area (TPSA) is 77.0 Å². The van der Waals surface area contributed by atoms with Crippen LogP contribution in [0.4, 0.5) is 6.01 Å². The predicted molar refractivity (Wildman–Crippen MR) is 66.6 cm³/mol. The standard InChI is InChI=1S/C12H22N4O/c1-3-12(6-4-5-7-12)8-14-11-16-15-10(17-11)9(2)13/h9H,3-8,13H2,1-2H3,(H,14,16). The van der Waals surface area contributed by atoms with Gasteiger partial charge in [-0.3, -0.25) is 0 Å². The van der Waals surface area contributed by atoms with Gasteiger partial charge in [-0.15, -0.1) is 5.10 Å². The van der Waals surface area contributed by atoms with E-state index in [4.69, 9.17) is 10.2 Å². The monoisotopic (exact) mass is 238 g/mol. The summed E-state index contributed by atoms with van der Waals surface area (Å²) in [5.41, 5.74) is 6.09. The highest BCUT2D eigenvalue weighted by Crippen LogP contribution is 2.40. The van der Waals surface area contributed by atoms with E-state index in [1.807, 2.05) is 6.92 Å². The molecule has 1 heterocycles. The third kappa shape index (κ3) is 2.77. The lowest BCUT2D eigenvalue weighted by Crippen LogP contribution is -2.25. The number of anilines is 1. The first-order chi connectivity index (χ1) is 8.15. The SMILES string of the molecule is CCC1(CNc2nnc(C(C)N)o2)CCCC1. The number of hydrogen-bond acceptors (Lipinski definition) is 5. The van der Waals surface area contributed by atoms with Crippen molar-refractivity contribution in [1.29, 1.82) is 0 Å². The molecule has 5 nitrogen and oxygen atoms in total. The first-order valence-corrected chi connectivity index (χ1v) is 6.48. The van der Waals surface area contributed by atoms with Gasteiger partial charge in [-0.05, 0) is 31.6 Å². The van der Waals surface area contributed by atoms with Crippen molar-refractivity contribution in [1.82, 2.24) is 10.2 Å². The van der Waals surface area contributed by atoms with Crippen LogP contribution in [0.2, 0.25) is 0 Å². The molecule has 1 saturated carbocycles. The van der Waals surface area contributed by atoms with Crippen molar-refractivity contribution in [2.45, 2.75) is 52.0 Å². The quantitative estimate of drug-likeness (QED) is 0.824. The molecule has 0 spiro atoms. The van der Waals surface area contributed by atoms with E-state index in [-0.39, 0.29) is 6.04 Å².